The topological polar surface area (TPSA) is 12.0 Å². The Hall–Kier alpha value is -1.12. The van der Waals surface area contributed by atoms with Gasteiger partial charge in [0.1, 0.15) is 0 Å². The van der Waals surface area contributed by atoms with Crippen molar-refractivity contribution in [2.45, 2.75) is 16.6 Å². The molecule has 2 aromatic rings. The van der Waals surface area contributed by atoms with Gasteiger partial charge in [-0.1, -0.05) is 29.8 Å². The highest BCUT2D eigenvalue weighted by atomic mass is 35.5. The predicted octanol–water partition coefficient (Wildman–Crippen LogP) is 4.47. The highest BCUT2D eigenvalue weighted by Crippen LogP contribution is 2.36. The van der Waals surface area contributed by atoms with Gasteiger partial charge in [-0.05, 0) is 42.3 Å². The average molecular weight is 276 g/mol. The molecule has 0 amide bonds. The Morgan fingerprint density at radius 2 is 1.89 bits per heavy atom. The van der Waals surface area contributed by atoms with E-state index in [1.165, 1.54) is 10.5 Å². The predicted molar refractivity (Wildman–Crippen MR) is 79.7 cm³/mol. The van der Waals surface area contributed by atoms with Crippen LogP contribution in [-0.2, 0) is 6.42 Å². The molecule has 18 heavy (non-hydrogen) atoms. The Kier molecular flexibility index (Phi) is 3.48. The summed E-state index contributed by atoms with van der Waals surface area (Å²) in [5.41, 5.74) is 2.61. The lowest BCUT2D eigenvalue weighted by atomic mass is 10.1. The molecule has 3 heteroatoms. The first-order valence-corrected chi connectivity index (χ1v) is 7.31. The minimum Gasteiger partial charge on any atom is -0.384 e. The van der Waals surface area contributed by atoms with Gasteiger partial charge >= 0.3 is 0 Å². The molecule has 2 aromatic carbocycles. The van der Waals surface area contributed by atoms with Crippen LogP contribution in [0.3, 0.4) is 0 Å². The first-order valence-electron chi connectivity index (χ1n) is 6.05. The maximum atomic E-state index is 5.87. The monoisotopic (exact) mass is 275 g/mol. The van der Waals surface area contributed by atoms with Gasteiger partial charge in [0.25, 0.3) is 0 Å². The highest BCUT2D eigenvalue weighted by Gasteiger charge is 2.21. The SMILES string of the molecule is Clc1ccc(NCC2Cc3ccccc3S2)cc1. The average Bonchev–Trinajstić information content (AvgIpc) is 2.81. The molecule has 3 rings (SSSR count). The van der Waals surface area contributed by atoms with Crippen LogP contribution in [0.5, 0.6) is 0 Å². The lowest BCUT2D eigenvalue weighted by molar-refractivity contribution is 0.899. The quantitative estimate of drug-likeness (QED) is 0.887. The molecular formula is C15H14ClNS. The third-order valence-corrected chi connectivity index (χ3v) is 4.66. The van der Waals surface area contributed by atoms with Crippen LogP contribution in [0, 0.1) is 0 Å². The van der Waals surface area contributed by atoms with Gasteiger partial charge in [0.05, 0.1) is 0 Å². The molecule has 92 valence electrons. The third-order valence-electron chi connectivity index (χ3n) is 3.09. The Bertz CT molecular complexity index is 513. The molecule has 1 aliphatic rings. The summed E-state index contributed by atoms with van der Waals surface area (Å²) < 4.78 is 0. The zero-order chi connectivity index (χ0) is 12.4. The standard InChI is InChI=1S/C15H14ClNS/c16-12-5-7-13(8-6-12)17-10-14-9-11-3-1-2-4-15(11)18-14/h1-8,14,17H,9-10H2. The molecule has 0 saturated carbocycles. The van der Waals surface area contributed by atoms with Crippen molar-refractivity contribution < 1.29 is 0 Å². The van der Waals surface area contributed by atoms with E-state index in [9.17, 15) is 0 Å². The molecule has 1 heterocycles. The fourth-order valence-corrected chi connectivity index (χ4v) is 3.54. The van der Waals surface area contributed by atoms with E-state index in [2.05, 4.69) is 29.6 Å². The number of fused-ring (bicyclic) bond motifs is 1. The summed E-state index contributed by atoms with van der Waals surface area (Å²) in [4.78, 5) is 1.43. The summed E-state index contributed by atoms with van der Waals surface area (Å²) in [7, 11) is 0. The first kappa shape index (κ1) is 11.9. The van der Waals surface area contributed by atoms with Gasteiger partial charge in [-0.15, -0.1) is 11.8 Å². The molecule has 0 fully saturated rings. The number of halogens is 1. The number of rotatable bonds is 3. The van der Waals surface area contributed by atoms with E-state index in [0.717, 1.165) is 23.7 Å². The fourth-order valence-electron chi connectivity index (χ4n) is 2.17. The summed E-state index contributed by atoms with van der Waals surface area (Å²) in [5, 5.41) is 4.87. The summed E-state index contributed by atoms with van der Waals surface area (Å²) >= 11 is 7.84. The van der Waals surface area contributed by atoms with E-state index >= 15 is 0 Å². The van der Waals surface area contributed by atoms with Crippen molar-refractivity contribution in [3.63, 3.8) is 0 Å². The highest BCUT2D eigenvalue weighted by molar-refractivity contribution is 8.00. The summed E-state index contributed by atoms with van der Waals surface area (Å²) in [6.07, 6.45) is 1.15. The zero-order valence-corrected chi connectivity index (χ0v) is 11.5. The van der Waals surface area contributed by atoms with Gasteiger partial charge in [0.15, 0.2) is 0 Å². The van der Waals surface area contributed by atoms with Gasteiger partial charge in [-0.3, -0.25) is 0 Å². The molecule has 1 nitrogen and oxygen atoms in total. The second-order valence-electron chi connectivity index (χ2n) is 4.44. The van der Waals surface area contributed by atoms with E-state index in [0.29, 0.717) is 5.25 Å². The Morgan fingerprint density at radius 3 is 2.67 bits per heavy atom. The Morgan fingerprint density at radius 1 is 1.11 bits per heavy atom. The maximum Gasteiger partial charge on any atom is 0.0407 e. The number of benzene rings is 2. The van der Waals surface area contributed by atoms with Crippen molar-refractivity contribution in [3.8, 4) is 0 Å². The maximum absolute atomic E-state index is 5.87. The summed E-state index contributed by atoms with van der Waals surface area (Å²) in [6, 6.07) is 16.5. The van der Waals surface area contributed by atoms with E-state index in [4.69, 9.17) is 11.6 Å². The lowest BCUT2D eigenvalue weighted by Gasteiger charge is -2.11. The van der Waals surface area contributed by atoms with Crippen LogP contribution in [0.4, 0.5) is 5.69 Å². The van der Waals surface area contributed by atoms with Crippen LogP contribution in [-0.4, -0.2) is 11.8 Å². The first-order chi connectivity index (χ1) is 8.81. The molecule has 0 bridgehead atoms. The second-order valence-corrected chi connectivity index (χ2v) is 6.22. The number of hydrogen-bond donors (Lipinski definition) is 1. The Labute approximate surface area is 117 Å². The minimum absolute atomic E-state index is 0.623. The van der Waals surface area contributed by atoms with Gasteiger partial charge < -0.3 is 5.32 Å². The van der Waals surface area contributed by atoms with E-state index < -0.39 is 0 Å². The van der Waals surface area contributed by atoms with Gasteiger partial charge in [-0.2, -0.15) is 0 Å². The molecule has 0 saturated heterocycles. The molecule has 0 aliphatic carbocycles. The molecule has 1 atom stereocenters. The summed E-state index contributed by atoms with van der Waals surface area (Å²) in [5.74, 6) is 0. The van der Waals surface area contributed by atoms with Crippen LogP contribution < -0.4 is 5.32 Å². The van der Waals surface area contributed by atoms with Crippen LogP contribution in [0.25, 0.3) is 0 Å². The second kappa shape index (κ2) is 5.25. The number of anilines is 1. The van der Waals surface area contributed by atoms with Gasteiger partial charge in [-0.25, -0.2) is 0 Å². The van der Waals surface area contributed by atoms with Crippen molar-refractivity contribution in [1.82, 2.24) is 0 Å². The largest absolute Gasteiger partial charge is 0.384 e. The van der Waals surface area contributed by atoms with Crippen molar-refractivity contribution in [2.24, 2.45) is 0 Å². The van der Waals surface area contributed by atoms with Crippen molar-refractivity contribution in [1.29, 1.82) is 0 Å². The molecule has 0 aromatic heterocycles. The summed E-state index contributed by atoms with van der Waals surface area (Å²) in [6.45, 7) is 0.987. The van der Waals surface area contributed by atoms with E-state index in [1.807, 2.05) is 36.0 Å². The van der Waals surface area contributed by atoms with Crippen molar-refractivity contribution >= 4 is 29.1 Å². The Balaban J connectivity index is 1.58. The van der Waals surface area contributed by atoms with Crippen LogP contribution in [0.1, 0.15) is 5.56 Å². The smallest absolute Gasteiger partial charge is 0.0407 e. The molecule has 1 aliphatic heterocycles. The van der Waals surface area contributed by atoms with Crippen molar-refractivity contribution in [2.75, 3.05) is 11.9 Å². The number of hydrogen-bond acceptors (Lipinski definition) is 2. The fraction of sp³-hybridized carbons (Fsp3) is 0.200. The molecule has 1 unspecified atom stereocenters. The van der Waals surface area contributed by atoms with Gasteiger partial charge in [0.2, 0.25) is 0 Å². The van der Waals surface area contributed by atoms with E-state index in [-0.39, 0.29) is 0 Å². The molecule has 0 spiro atoms. The number of thioether (sulfide) groups is 1. The number of nitrogens with one attached hydrogen (secondary N) is 1. The van der Waals surface area contributed by atoms with Crippen molar-refractivity contribution in [3.05, 3.63) is 59.1 Å². The lowest BCUT2D eigenvalue weighted by Crippen LogP contribution is -2.15. The van der Waals surface area contributed by atoms with Gasteiger partial charge in [0, 0.05) is 27.4 Å². The van der Waals surface area contributed by atoms with Crippen LogP contribution in [0.15, 0.2) is 53.4 Å². The van der Waals surface area contributed by atoms with Crippen LogP contribution in [0.2, 0.25) is 5.02 Å². The molecule has 0 radical (unpaired) electrons. The normalized spacial score (nSPS) is 17.5. The van der Waals surface area contributed by atoms with Crippen LogP contribution >= 0.6 is 23.4 Å². The molecular weight excluding hydrogens is 262 g/mol. The molecule has 1 N–H and O–H groups in total. The third kappa shape index (κ3) is 2.65. The minimum atomic E-state index is 0.623. The zero-order valence-electron chi connectivity index (χ0n) is 9.90. The van der Waals surface area contributed by atoms with E-state index in [1.54, 1.807) is 0 Å².